The predicted molar refractivity (Wildman–Crippen MR) is 222 cm³/mol. The molecule has 0 bridgehead atoms. The molecular formula is C50H43IrN3O-2. The van der Waals surface area contributed by atoms with Gasteiger partial charge in [-0.1, -0.05) is 144 Å². The maximum absolute atomic E-state index is 10.1. The van der Waals surface area contributed by atoms with Crippen LogP contribution in [0.25, 0.3) is 66.7 Å². The van der Waals surface area contributed by atoms with Gasteiger partial charge in [0.1, 0.15) is 5.58 Å². The summed E-state index contributed by atoms with van der Waals surface area (Å²) < 4.78 is 24.9. The van der Waals surface area contributed by atoms with E-state index < -0.39 is 11.8 Å². The molecule has 0 amide bonds. The van der Waals surface area contributed by atoms with Gasteiger partial charge in [-0.15, -0.1) is 53.6 Å². The van der Waals surface area contributed by atoms with E-state index in [1.807, 2.05) is 118 Å². The molecule has 0 saturated carbocycles. The molecule has 8 aromatic rings. The Bertz CT molecular complexity index is 2660. The molecule has 3 heterocycles. The fourth-order valence-electron chi connectivity index (χ4n) is 6.48. The molecule has 0 aliphatic heterocycles. The molecule has 55 heavy (non-hydrogen) atoms. The van der Waals surface area contributed by atoms with Crippen molar-refractivity contribution in [1.82, 2.24) is 9.97 Å². The van der Waals surface area contributed by atoms with Crippen LogP contribution in [0.2, 0.25) is 0 Å². The summed E-state index contributed by atoms with van der Waals surface area (Å²) in [7, 11) is 0. The van der Waals surface area contributed by atoms with E-state index in [1.54, 1.807) is 18.3 Å². The number of benzene rings is 5. The van der Waals surface area contributed by atoms with Crippen LogP contribution in [0.5, 0.6) is 0 Å². The zero-order valence-electron chi connectivity index (χ0n) is 33.9. The molecular weight excluding hydrogens is 851 g/mol. The van der Waals surface area contributed by atoms with Gasteiger partial charge in [0.25, 0.3) is 0 Å². The monoisotopic (exact) mass is 896 g/mol. The maximum Gasteiger partial charge on any atom is 0.130 e. The smallest absolute Gasteiger partial charge is 0.130 e. The largest absolute Gasteiger partial charge is 0.500 e. The number of rotatable bonds is 5. The summed E-state index contributed by atoms with van der Waals surface area (Å²) in [6, 6.07) is 50.2. The first kappa shape index (κ1) is 36.3. The van der Waals surface area contributed by atoms with Gasteiger partial charge in [-0.3, -0.25) is 0 Å². The number of pyridine rings is 2. The number of nitriles is 1. The summed E-state index contributed by atoms with van der Waals surface area (Å²) in [5, 5.41) is 11.5. The normalized spacial score (nSPS) is 12.2. The van der Waals surface area contributed by atoms with Crippen molar-refractivity contribution in [2.75, 3.05) is 0 Å². The van der Waals surface area contributed by atoms with Crippen LogP contribution in [0.4, 0.5) is 0 Å². The molecule has 0 unspecified atom stereocenters. The van der Waals surface area contributed by atoms with Gasteiger partial charge < -0.3 is 14.4 Å². The third kappa shape index (κ3) is 8.68. The SMILES string of the molecule is CC(C)(C)c1ccc(-c2[c-]cccc2)nc1.[2H]C([2H])(c1c[c-]c(-c2ccccn2)c2oc3c(-c4ccc(-c5ccccc5)cc4)c(C#N)ccc3c12)C(C)(C)C.[Ir]. The van der Waals surface area contributed by atoms with Gasteiger partial charge in [0.05, 0.1) is 17.2 Å². The van der Waals surface area contributed by atoms with Crippen molar-refractivity contribution in [2.45, 2.75) is 53.3 Å². The van der Waals surface area contributed by atoms with Crippen molar-refractivity contribution in [3.05, 3.63) is 169 Å². The van der Waals surface area contributed by atoms with Crippen LogP contribution in [0.15, 0.2) is 144 Å². The minimum absolute atomic E-state index is 0. The molecule has 0 atom stereocenters. The second kappa shape index (κ2) is 16.4. The molecule has 5 heteroatoms. The Morgan fingerprint density at radius 1 is 0.709 bits per heavy atom. The third-order valence-corrected chi connectivity index (χ3v) is 9.16. The van der Waals surface area contributed by atoms with Crippen LogP contribution in [-0.2, 0) is 31.9 Å². The molecule has 0 aliphatic carbocycles. The van der Waals surface area contributed by atoms with E-state index >= 15 is 0 Å². The van der Waals surface area contributed by atoms with Gasteiger partial charge in [-0.25, -0.2) is 0 Å². The number of nitrogens with zero attached hydrogens (tertiary/aromatic N) is 3. The van der Waals surface area contributed by atoms with Gasteiger partial charge in [0, 0.05) is 46.2 Å². The third-order valence-electron chi connectivity index (χ3n) is 9.16. The van der Waals surface area contributed by atoms with Crippen LogP contribution in [0.3, 0.4) is 0 Å². The molecule has 275 valence electrons. The number of hydrogen-bond donors (Lipinski definition) is 0. The zero-order valence-corrected chi connectivity index (χ0v) is 34.3. The fraction of sp³-hybridized carbons (Fsp3) is 0.180. The van der Waals surface area contributed by atoms with Gasteiger partial charge in [-0.2, -0.15) is 5.26 Å². The Hall–Kier alpha value is -5.66. The average Bonchev–Trinajstić information content (AvgIpc) is 3.60. The summed E-state index contributed by atoms with van der Waals surface area (Å²) in [6.07, 6.45) is 1.98. The first-order chi connectivity index (χ1) is 26.8. The molecule has 0 N–H and O–H groups in total. The number of aromatic nitrogens is 2. The molecule has 0 saturated heterocycles. The molecule has 5 aromatic carbocycles. The second-order valence-electron chi connectivity index (χ2n) is 15.4. The van der Waals surface area contributed by atoms with E-state index in [0.29, 0.717) is 44.5 Å². The van der Waals surface area contributed by atoms with Crippen molar-refractivity contribution >= 4 is 21.9 Å². The van der Waals surface area contributed by atoms with E-state index in [2.05, 4.69) is 73.2 Å². The average molecular weight is 896 g/mol. The quantitative estimate of drug-likeness (QED) is 0.162. The molecule has 0 aliphatic rings. The molecule has 8 rings (SSSR count). The number of hydrogen-bond acceptors (Lipinski definition) is 4. The maximum atomic E-state index is 10.1. The van der Waals surface area contributed by atoms with Gasteiger partial charge >= 0.3 is 0 Å². The Morgan fingerprint density at radius 3 is 2.04 bits per heavy atom. The van der Waals surface area contributed by atoms with Crippen molar-refractivity contribution in [3.63, 3.8) is 0 Å². The molecule has 0 fully saturated rings. The van der Waals surface area contributed by atoms with Crippen molar-refractivity contribution in [3.8, 4) is 50.8 Å². The van der Waals surface area contributed by atoms with Gasteiger partial charge in [0.2, 0.25) is 0 Å². The predicted octanol–water partition coefficient (Wildman–Crippen LogP) is 13.1. The summed E-state index contributed by atoms with van der Waals surface area (Å²) in [4.78, 5) is 9.01. The van der Waals surface area contributed by atoms with Crippen LogP contribution >= 0.6 is 0 Å². The number of furan rings is 1. The first-order valence-electron chi connectivity index (χ1n) is 19.1. The van der Waals surface area contributed by atoms with Gasteiger partial charge in [0.15, 0.2) is 0 Å². The van der Waals surface area contributed by atoms with Crippen molar-refractivity contribution in [2.24, 2.45) is 5.41 Å². The minimum Gasteiger partial charge on any atom is -0.500 e. The summed E-state index contributed by atoms with van der Waals surface area (Å²) in [5.74, 6) is 0. The minimum atomic E-state index is -1.69. The van der Waals surface area contributed by atoms with E-state index in [1.165, 1.54) is 5.56 Å². The van der Waals surface area contributed by atoms with E-state index in [-0.39, 0.29) is 25.5 Å². The van der Waals surface area contributed by atoms with Gasteiger partial charge in [-0.05, 0) is 56.6 Å². The summed E-state index contributed by atoms with van der Waals surface area (Å²) in [6.45, 7) is 12.2. The fourth-order valence-corrected chi connectivity index (χ4v) is 6.48. The molecule has 0 spiro atoms. The standard InChI is InChI=1S/C35H27N2O.C15H16N.Ir/c1-35(2,3)21-26-16-18-28(30-11-7-8-20-37-30)33-32(26)29-19-17-27(22-36)31(34(29)38-33)25-14-12-24(13-15-25)23-9-5-4-6-10-23;1-15(2,3)13-9-10-14(16-11-13)12-7-5-4-6-8-12;/h4-17,19-20H,21H2,1-3H3;4-7,9-11H,1-3H3;/q2*-1;/i21D2;;. The number of fused-ring (bicyclic) bond motifs is 3. The Labute approximate surface area is 341 Å². The molecule has 3 aromatic heterocycles. The summed E-state index contributed by atoms with van der Waals surface area (Å²) >= 11 is 0. The Morgan fingerprint density at radius 2 is 1.42 bits per heavy atom. The van der Waals surface area contributed by atoms with Crippen LogP contribution in [0.1, 0.15) is 61.0 Å². The van der Waals surface area contributed by atoms with Crippen LogP contribution < -0.4 is 0 Å². The molecule has 1 radical (unpaired) electrons. The van der Waals surface area contributed by atoms with Crippen LogP contribution in [0, 0.1) is 28.9 Å². The van der Waals surface area contributed by atoms with E-state index in [0.717, 1.165) is 33.3 Å². The first-order valence-corrected chi connectivity index (χ1v) is 18.1. The zero-order chi connectivity index (χ0) is 39.7. The summed E-state index contributed by atoms with van der Waals surface area (Å²) in [5.41, 5.74) is 9.87. The van der Waals surface area contributed by atoms with Crippen LogP contribution in [-0.4, -0.2) is 9.97 Å². The van der Waals surface area contributed by atoms with Crippen molar-refractivity contribution in [1.29, 1.82) is 5.26 Å². The Kier molecular flexibility index (Phi) is 10.8. The van der Waals surface area contributed by atoms with E-state index in [4.69, 9.17) is 7.16 Å². The molecule has 4 nitrogen and oxygen atoms in total. The topological polar surface area (TPSA) is 62.7 Å². The Balaban J connectivity index is 0.000000271. The second-order valence-corrected chi connectivity index (χ2v) is 15.4. The van der Waals surface area contributed by atoms with Crippen molar-refractivity contribution < 1.29 is 27.3 Å². The van der Waals surface area contributed by atoms with E-state index in [9.17, 15) is 5.26 Å².